The van der Waals surface area contributed by atoms with Gasteiger partial charge in [-0.25, -0.2) is 22.8 Å². The summed E-state index contributed by atoms with van der Waals surface area (Å²) in [7, 11) is -4.06. The highest BCUT2D eigenvalue weighted by molar-refractivity contribution is 7.92. The largest absolute Gasteiger partial charge is 0.276 e. The van der Waals surface area contributed by atoms with E-state index in [2.05, 4.69) is 14.7 Å². The number of rotatable bonds is 4. The van der Waals surface area contributed by atoms with Crippen LogP contribution in [0.3, 0.4) is 0 Å². The van der Waals surface area contributed by atoms with E-state index in [1.165, 1.54) is 35.9 Å². The number of benzene rings is 1. The van der Waals surface area contributed by atoms with Crippen LogP contribution in [0, 0.1) is 12.7 Å². The summed E-state index contributed by atoms with van der Waals surface area (Å²) in [6.45, 7) is 1.68. The topological polar surface area (TPSA) is 72.0 Å². The van der Waals surface area contributed by atoms with Crippen LogP contribution in [0.5, 0.6) is 0 Å². The Hall–Kier alpha value is -2.03. The van der Waals surface area contributed by atoms with Gasteiger partial charge in [-0.05, 0) is 36.8 Å². The van der Waals surface area contributed by atoms with Crippen LogP contribution in [0.2, 0.25) is 4.34 Å². The maximum absolute atomic E-state index is 13.9. The van der Waals surface area contributed by atoms with Gasteiger partial charge in [0, 0.05) is 0 Å². The molecule has 3 aromatic rings. The predicted molar refractivity (Wildman–Crippen MR) is 92.3 cm³/mol. The second kappa shape index (κ2) is 6.46. The van der Waals surface area contributed by atoms with Crippen LogP contribution in [0.25, 0.3) is 10.7 Å². The zero-order valence-electron chi connectivity index (χ0n) is 12.3. The van der Waals surface area contributed by atoms with Crippen molar-refractivity contribution >= 4 is 38.6 Å². The zero-order chi connectivity index (χ0) is 17.3. The van der Waals surface area contributed by atoms with E-state index in [0.717, 1.165) is 10.9 Å². The van der Waals surface area contributed by atoms with Crippen molar-refractivity contribution in [3.8, 4) is 10.7 Å². The quantitative estimate of drug-likeness (QED) is 0.736. The summed E-state index contributed by atoms with van der Waals surface area (Å²) >= 11 is 7.17. The molecule has 0 saturated carbocycles. The molecule has 0 fully saturated rings. The molecule has 0 saturated heterocycles. The van der Waals surface area contributed by atoms with Crippen molar-refractivity contribution in [1.82, 2.24) is 9.97 Å². The Balaban J connectivity index is 1.85. The lowest BCUT2D eigenvalue weighted by atomic mass is 10.2. The summed E-state index contributed by atoms with van der Waals surface area (Å²) in [5.41, 5.74) is 0.773. The Labute approximate surface area is 147 Å². The van der Waals surface area contributed by atoms with Gasteiger partial charge in [0.25, 0.3) is 10.0 Å². The van der Waals surface area contributed by atoms with E-state index in [1.807, 2.05) is 0 Å². The van der Waals surface area contributed by atoms with Crippen LogP contribution in [0.4, 0.5) is 10.1 Å². The van der Waals surface area contributed by atoms with Gasteiger partial charge in [0.1, 0.15) is 10.7 Å². The van der Waals surface area contributed by atoms with Crippen LogP contribution < -0.4 is 4.72 Å². The lowest BCUT2D eigenvalue weighted by molar-refractivity contribution is 0.569. The Morgan fingerprint density at radius 1 is 1.17 bits per heavy atom. The Morgan fingerprint density at radius 3 is 2.46 bits per heavy atom. The van der Waals surface area contributed by atoms with Gasteiger partial charge in [-0.3, -0.25) is 4.72 Å². The minimum absolute atomic E-state index is 0.140. The molecule has 24 heavy (non-hydrogen) atoms. The smallest absolute Gasteiger partial charge is 0.264 e. The van der Waals surface area contributed by atoms with E-state index in [9.17, 15) is 12.8 Å². The maximum atomic E-state index is 13.9. The fourth-order valence-corrected chi connectivity index (χ4v) is 4.06. The molecule has 0 amide bonds. The van der Waals surface area contributed by atoms with E-state index in [0.29, 0.717) is 15.7 Å². The van der Waals surface area contributed by atoms with E-state index < -0.39 is 20.7 Å². The van der Waals surface area contributed by atoms with Gasteiger partial charge >= 0.3 is 0 Å². The number of sulfonamides is 1. The van der Waals surface area contributed by atoms with E-state index >= 15 is 0 Å². The molecule has 0 radical (unpaired) electrons. The van der Waals surface area contributed by atoms with Gasteiger partial charge < -0.3 is 0 Å². The Bertz CT molecular complexity index is 988. The molecule has 0 aliphatic carbocycles. The first-order valence-corrected chi connectivity index (χ1v) is 9.40. The lowest BCUT2D eigenvalue weighted by Crippen LogP contribution is -2.15. The molecule has 0 atom stereocenters. The average molecular weight is 384 g/mol. The van der Waals surface area contributed by atoms with E-state index in [1.54, 1.807) is 19.1 Å². The summed E-state index contributed by atoms with van der Waals surface area (Å²) in [5.74, 6) is -0.385. The average Bonchev–Trinajstić information content (AvgIpc) is 2.93. The van der Waals surface area contributed by atoms with Crippen LogP contribution >= 0.6 is 22.9 Å². The summed E-state index contributed by atoms with van der Waals surface area (Å²) in [6.07, 6.45) is 2.64. The van der Waals surface area contributed by atoms with Gasteiger partial charge in [-0.1, -0.05) is 17.7 Å². The number of halogens is 2. The Kier molecular flexibility index (Phi) is 4.53. The van der Waals surface area contributed by atoms with E-state index in [-0.39, 0.29) is 5.69 Å². The third kappa shape index (κ3) is 3.55. The van der Waals surface area contributed by atoms with Gasteiger partial charge in [0.2, 0.25) is 0 Å². The van der Waals surface area contributed by atoms with Crippen molar-refractivity contribution in [2.75, 3.05) is 4.72 Å². The zero-order valence-corrected chi connectivity index (χ0v) is 14.7. The fourth-order valence-electron chi connectivity index (χ4n) is 1.98. The van der Waals surface area contributed by atoms with Crippen molar-refractivity contribution in [2.24, 2.45) is 0 Å². The van der Waals surface area contributed by atoms with Crippen LogP contribution in [0.15, 0.2) is 47.6 Å². The van der Waals surface area contributed by atoms with Crippen LogP contribution in [0.1, 0.15) is 5.56 Å². The number of hydrogen-bond acceptors (Lipinski definition) is 5. The molecule has 0 aliphatic heterocycles. The second-order valence-electron chi connectivity index (χ2n) is 4.94. The maximum Gasteiger partial charge on any atom is 0.264 e. The summed E-state index contributed by atoms with van der Waals surface area (Å²) in [5, 5.41) is 0. The third-order valence-corrected chi connectivity index (χ3v) is 5.72. The molecule has 0 aliphatic rings. The normalized spacial score (nSPS) is 11.5. The van der Waals surface area contributed by atoms with Crippen LogP contribution in [-0.4, -0.2) is 18.4 Å². The van der Waals surface area contributed by atoms with Gasteiger partial charge in [-0.15, -0.1) is 11.3 Å². The van der Waals surface area contributed by atoms with E-state index in [4.69, 9.17) is 11.6 Å². The molecule has 2 heterocycles. The molecule has 0 bridgehead atoms. The number of hydrogen-bond donors (Lipinski definition) is 1. The molecule has 1 N–H and O–H groups in total. The minimum atomic E-state index is -4.06. The molecule has 0 spiro atoms. The first kappa shape index (κ1) is 16.8. The first-order chi connectivity index (χ1) is 11.3. The van der Waals surface area contributed by atoms with Crippen molar-refractivity contribution in [2.45, 2.75) is 11.8 Å². The monoisotopic (exact) mass is 383 g/mol. The molecule has 2 aromatic heterocycles. The fraction of sp³-hybridized carbons (Fsp3) is 0.0667. The molecular formula is C15H11ClFN3O2S2. The standard InChI is InChI=1S/C15H11ClFN3O2S2/c1-9-2-4-13(11(17)6-9)24(21,22)20-10-7-18-15(19-8-10)12-3-5-14(16)23-12/h2-8,20H,1H3. The Morgan fingerprint density at radius 2 is 1.88 bits per heavy atom. The van der Waals surface area contributed by atoms with Gasteiger partial charge in [-0.2, -0.15) is 0 Å². The molecular weight excluding hydrogens is 373 g/mol. The number of nitrogens with one attached hydrogen (secondary N) is 1. The van der Waals surface area contributed by atoms with Crippen molar-refractivity contribution < 1.29 is 12.8 Å². The summed E-state index contributed by atoms with van der Waals surface area (Å²) < 4.78 is 41.3. The highest BCUT2D eigenvalue weighted by atomic mass is 35.5. The predicted octanol–water partition coefficient (Wildman–Crippen LogP) is 4.11. The molecule has 9 heteroatoms. The number of thiophene rings is 1. The van der Waals surface area contributed by atoms with Crippen molar-refractivity contribution in [3.05, 3.63) is 58.4 Å². The first-order valence-electron chi connectivity index (χ1n) is 6.72. The molecule has 124 valence electrons. The van der Waals surface area contributed by atoms with Gasteiger partial charge in [0.15, 0.2) is 5.82 Å². The number of anilines is 1. The number of aromatic nitrogens is 2. The SMILES string of the molecule is Cc1ccc(S(=O)(=O)Nc2cnc(-c3ccc(Cl)s3)nc2)c(F)c1. The summed E-state index contributed by atoms with van der Waals surface area (Å²) in [4.78, 5) is 8.53. The van der Waals surface area contributed by atoms with Crippen molar-refractivity contribution in [1.29, 1.82) is 0 Å². The van der Waals surface area contributed by atoms with Gasteiger partial charge in [0.05, 0.1) is 27.3 Å². The molecule has 1 aromatic carbocycles. The highest BCUT2D eigenvalue weighted by Crippen LogP contribution is 2.29. The lowest BCUT2D eigenvalue weighted by Gasteiger charge is -2.09. The summed E-state index contributed by atoms with van der Waals surface area (Å²) in [6, 6.07) is 7.40. The highest BCUT2D eigenvalue weighted by Gasteiger charge is 2.19. The number of nitrogens with zero attached hydrogens (tertiary/aromatic N) is 2. The number of aryl methyl sites for hydroxylation is 1. The molecule has 0 unspecified atom stereocenters. The molecule has 3 rings (SSSR count). The third-order valence-electron chi connectivity index (χ3n) is 3.07. The second-order valence-corrected chi connectivity index (χ2v) is 8.30. The van der Waals surface area contributed by atoms with Crippen molar-refractivity contribution in [3.63, 3.8) is 0 Å². The molecule has 5 nitrogen and oxygen atoms in total. The minimum Gasteiger partial charge on any atom is -0.276 e. The van der Waals surface area contributed by atoms with Crippen LogP contribution in [-0.2, 0) is 10.0 Å².